The van der Waals surface area contributed by atoms with E-state index >= 15 is 0 Å². The highest BCUT2D eigenvalue weighted by Crippen LogP contribution is 2.13. The van der Waals surface area contributed by atoms with Crippen LogP contribution in [0.4, 0.5) is 4.79 Å². The molecule has 1 atom stereocenters. The van der Waals surface area contributed by atoms with Gasteiger partial charge in [0.15, 0.2) is 11.8 Å². The van der Waals surface area contributed by atoms with Crippen LogP contribution in [0.15, 0.2) is 24.3 Å². The summed E-state index contributed by atoms with van der Waals surface area (Å²) in [5.74, 6) is -0.248. The van der Waals surface area contributed by atoms with Gasteiger partial charge in [-0.3, -0.25) is 4.79 Å². The Morgan fingerprint density at radius 1 is 1.12 bits per heavy atom. The van der Waals surface area contributed by atoms with Crippen LogP contribution in [0, 0.1) is 0 Å². The number of esters is 1. The van der Waals surface area contributed by atoms with Crippen LogP contribution in [0.1, 0.15) is 38.1 Å². The summed E-state index contributed by atoms with van der Waals surface area (Å²) in [4.78, 5) is 34.8. The average molecular weight is 337 g/mol. The van der Waals surface area contributed by atoms with E-state index in [4.69, 9.17) is 9.47 Å². The molecule has 1 rings (SSSR count). The Labute approximate surface area is 141 Å². The zero-order valence-electron chi connectivity index (χ0n) is 14.5. The summed E-state index contributed by atoms with van der Waals surface area (Å²) < 4.78 is 15.2. The molecular weight excluding hydrogens is 314 g/mol. The van der Waals surface area contributed by atoms with Crippen LogP contribution in [0.5, 0.6) is 5.75 Å². The first-order valence-corrected chi connectivity index (χ1v) is 7.43. The van der Waals surface area contributed by atoms with Gasteiger partial charge in [0.05, 0.1) is 7.11 Å². The van der Waals surface area contributed by atoms with Crippen molar-refractivity contribution in [3.63, 3.8) is 0 Å². The van der Waals surface area contributed by atoms with Gasteiger partial charge in [-0.1, -0.05) is 0 Å². The summed E-state index contributed by atoms with van der Waals surface area (Å²) >= 11 is 0. The van der Waals surface area contributed by atoms with Crippen molar-refractivity contribution in [2.45, 2.75) is 39.3 Å². The number of methoxy groups -OCH3 is 1. The van der Waals surface area contributed by atoms with Gasteiger partial charge in [0.25, 0.3) is 0 Å². The average Bonchev–Trinajstić information content (AvgIpc) is 2.49. The van der Waals surface area contributed by atoms with Crippen LogP contribution in [-0.4, -0.2) is 43.2 Å². The highest BCUT2D eigenvalue weighted by atomic mass is 16.6. The molecule has 0 spiro atoms. The molecule has 0 aromatic heterocycles. The van der Waals surface area contributed by atoms with Crippen molar-refractivity contribution in [3.8, 4) is 5.75 Å². The molecule has 0 aliphatic heterocycles. The quantitative estimate of drug-likeness (QED) is 0.633. The summed E-state index contributed by atoms with van der Waals surface area (Å²) in [7, 11) is 1.22. The van der Waals surface area contributed by atoms with Crippen molar-refractivity contribution < 1.29 is 28.6 Å². The predicted molar refractivity (Wildman–Crippen MR) is 87.1 cm³/mol. The van der Waals surface area contributed by atoms with Crippen molar-refractivity contribution in [2.75, 3.05) is 13.7 Å². The number of benzene rings is 1. The van der Waals surface area contributed by atoms with E-state index in [2.05, 4.69) is 10.1 Å². The van der Waals surface area contributed by atoms with Crippen LogP contribution in [0.25, 0.3) is 0 Å². The van der Waals surface area contributed by atoms with E-state index in [0.29, 0.717) is 11.3 Å². The molecule has 1 amide bonds. The zero-order chi connectivity index (χ0) is 18.3. The molecule has 0 saturated carbocycles. The van der Waals surface area contributed by atoms with E-state index in [1.807, 2.05) is 0 Å². The second-order valence-corrected chi connectivity index (χ2v) is 6.11. The molecule has 0 aliphatic rings. The second kappa shape index (κ2) is 8.33. The van der Waals surface area contributed by atoms with E-state index < -0.39 is 23.7 Å². The zero-order valence-corrected chi connectivity index (χ0v) is 14.5. The third-order valence-corrected chi connectivity index (χ3v) is 2.85. The maximum atomic E-state index is 11.8. The normalized spacial score (nSPS) is 12.0. The Bertz CT molecular complexity index is 588. The van der Waals surface area contributed by atoms with Crippen LogP contribution in [0.2, 0.25) is 0 Å². The van der Waals surface area contributed by atoms with Crippen LogP contribution in [0.3, 0.4) is 0 Å². The molecule has 7 nitrogen and oxygen atoms in total. The van der Waals surface area contributed by atoms with Crippen LogP contribution in [-0.2, 0) is 14.3 Å². The number of hydrogen-bond donors (Lipinski definition) is 1. The van der Waals surface area contributed by atoms with Crippen molar-refractivity contribution in [1.82, 2.24) is 5.32 Å². The first-order chi connectivity index (χ1) is 11.1. The molecule has 1 unspecified atom stereocenters. The Kier molecular flexibility index (Phi) is 6.76. The number of ether oxygens (including phenoxy) is 3. The van der Waals surface area contributed by atoms with E-state index in [1.54, 1.807) is 45.0 Å². The third kappa shape index (κ3) is 6.68. The third-order valence-electron chi connectivity index (χ3n) is 2.85. The molecule has 24 heavy (non-hydrogen) atoms. The van der Waals surface area contributed by atoms with E-state index in [9.17, 15) is 14.4 Å². The predicted octanol–water partition coefficient (Wildman–Crippen LogP) is 2.33. The molecule has 0 radical (unpaired) electrons. The van der Waals surface area contributed by atoms with Gasteiger partial charge < -0.3 is 19.5 Å². The lowest BCUT2D eigenvalue weighted by Crippen LogP contribution is -2.47. The Hall–Kier alpha value is -2.57. The Morgan fingerprint density at radius 3 is 2.17 bits per heavy atom. The van der Waals surface area contributed by atoms with Gasteiger partial charge in [-0.15, -0.1) is 0 Å². The lowest BCUT2D eigenvalue weighted by Gasteiger charge is -2.22. The topological polar surface area (TPSA) is 90.9 Å². The van der Waals surface area contributed by atoms with Gasteiger partial charge in [0.2, 0.25) is 0 Å². The number of carbonyl (C=O) groups excluding carboxylic acids is 3. The standard InChI is InChI=1S/C17H23NO6/c1-11(19)12-6-8-13(9-7-12)23-10-14(15(20)22-5)18-16(21)24-17(2,3)4/h6-9,14H,10H2,1-5H3,(H,18,21). The fraction of sp³-hybridized carbons (Fsp3) is 0.471. The van der Waals surface area contributed by atoms with E-state index in [-0.39, 0.29) is 12.4 Å². The number of nitrogens with one attached hydrogen (secondary N) is 1. The van der Waals surface area contributed by atoms with Gasteiger partial charge in [0.1, 0.15) is 18.0 Å². The maximum Gasteiger partial charge on any atom is 0.408 e. The number of ketones is 1. The fourth-order valence-electron chi connectivity index (χ4n) is 1.73. The van der Waals surface area contributed by atoms with Gasteiger partial charge in [-0.2, -0.15) is 0 Å². The van der Waals surface area contributed by atoms with Gasteiger partial charge in [0, 0.05) is 5.56 Å². The largest absolute Gasteiger partial charge is 0.491 e. The van der Waals surface area contributed by atoms with Crippen LogP contribution >= 0.6 is 0 Å². The minimum absolute atomic E-state index is 0.0550. The molecule has 0 saturated heterocycles. The lowest BCUT2D eigenvalue weighted by atomic mass is 10.1. The van der Waals surface area contributed by atoms with Gasteiger partial charge in [-0.25, -0.2) is 9.59 Å². The smallest absolute Gasteiger partial charge is 0.408 e. The molecule has 0 bridgehead atoms. The summed E-state index contributed by atoms with van der Waals surface area (Å²) in [5, 5.41) is 2.41. The number of hydrogen-bond acceptors (Lipinski definition) is 6. The summed E-state index contributed by atoms with van der Waals surface area (Å²) in [6, 6.07) is 5.44. The van der Waals surface area contributed by atoms with E-state index in [1.165, 1.54) is 14.0 Å². The van der Waals surface area contributed by atoms with Gasteiger partial charge >= 0.3 is 12.1 Å². The SMILES string of the molecule is COC(=O)C(COc1ccc(C(C)=O)cc1)NC(=O)OC(C)(C)C. The number of rotatable bonds is 6. The monoisotopic (exact) mass is 337 g/mol. The number of alkyl carbamates (subject to hydrolysis) is 1. The van der Waals surface area contributed by atoms with Crippen LogP contribution < -0.4 is 10.1 Å². The first-order valence-electron chi connectivity index (χ1n) is 7.43. The van der Waals surface area contributed by atoms with Crippen molar-refractivity contribution in [2.24, 2.45) is 0 Å². The lowest BCUT2D eigenvalue weighted by molar-refractivity contribution is -0.143. The number of amides is 1. The fourth-order valence-corrected chi connectivity index (χ4v) is 1.73. The summed E-state index contributed by atoms with van der Waals surface area (Å²) in [6.07, 6.45) is -0.742. The minimum Gasteiger partial charge on any atom is -0.491 e. The highest BCUT2D eigenvalue weighted by Gasteiger charge is 2.25. The summed E-state index contributed by atoms with van der Waals surface area (Å²) in [5.41, 5.74) is -0.132. The molecule has 0 heterocycles. The van der Waals surface area contributed by atoms with E-state index in [0.717, 1.165) is 0 Å². The number of Topliss-reactive ketones (excluding diaryl/α,β-unsaturated/α-hetero) is 1. The second-order valence-electron chi connectivity index (χ2n) is 6.11. The molecule has 1 aromatic rings. The van der Waals surface area contributed by atoms with Gasteiger partial charge in [-0.05, 0) is 52.0 Å². The highest BCUT2D eigenvalue weighted by molar-refractivity contribution is 5.94. The molecule has 1 N–H and O–H groups in total. The molecule has 0 aliphatic carbocycles. The molecule has 1 aromatic carbocycles. The molecule has 7 heteroatoms. The van der Waals surface area contributed by atoms with Crippen molar-refractivity contribution in [1.29, 1.82) is 0 Å². The Balaban J connectivity index is 2.67. The first kappa shape index (κ1) is 19.5. The molecular formula is C17H23NO6. The van der Waals surface area contributed by atoms with Crippen molar-refractivity contribution >= 4 is 17.8 Å². The number of carbonyl (C=O) groups is 3. The molecule has 132 valence electrons. The van der Waals surface area contributed by atoms with Crippen molar-refractivity contribution in [3.05, 3.63) is 29.8 Å². The minimum atomic E-state index is -1.02. The molecule has 0 fully saturated rings. The summed E-state index contributed by atoms with van der Waals surface area (Å²) in [6.45, 7) is 6.48. The maximum absolute atomic E-state index is 11.8. The Morgan fingerprint density at radius 2 is 1.71 bits per heavy atom.